The van der Waals surface area contributed by atoms with E-state index in [-0.39, 0.29) is 16.8 Å². The molecule has 4 heterocycles. The van der Waals surface area contributed by atoms with Gasteiger partial charge in [0.2, 0.25) is 5.95 Å². The second-order valence-corrected chi connectivity index (χ2v) is 10.9. The molecule has 1 aliphatic rings. The van der Waals surface area contributed by atoms with Gasteiger partial charge in [-0.15, -0.1) is 0 Å². The van der Waals surface area contributed by atoms with Crippen LogP contribution in [0.25, 0.3) is 5.65 Å². The fourth-order valence-corrected chi connectivity index (χ4v) is 5.20. The second-order valence-electron chi connectivity index (χ2n) is 8.87. The first-order valence-corrected chi connectivity index (χ1v) is 13.3. The van der Waals surface area contributed by atoms with E-state index in [1.165, 1.54) is 12.1 Å². The molecular weight excluding hydrogens is 512 g/mol. The van der Waals surface area contributed by atoms with E-state index in [4.69, 9.17) is 0 Å². The Labute approximate surface area is 209 Å². The lowest BCUT2D eigenvalue weighted by atomic mass is 9.94. The molecule has 194 valence electrons. The predicted octanol–water partition coefficient (Wildman–Crippen LogP) is 4.81. The molecule has 0 radical (unpaired) electrons. The smallest absolute Gasteiger partial charge is 0.352 e. The number of anilines is 3. The van der Waals surface area contributed by atoms with E-state index in [0.29, 0.717) is 30.1 Å². The number of nitrogens with one attached hydrogen (secondary N) is 1. The third-order valence-electron chi connectivity index (χ3n) is 6.34. The number of pyridine rings is 1. The van der Waals surface area contributed by atoms with Crippen LogP contribution in [0.5, 0.6) is 0 Å². The third-order valence-corrected chi connectivity index (χ3v) is 7.47. The van der Waals surface area contributed by atoms with E-state index in [1.807, 2.05) is 21.6 Å². The van der Waals surface area contributed by atoms with Crippen molar-refractivity contribution in [2.24, 2.45) is 0 Å². The number of nitrogens with zero attached hydrogens (tertiary/aromatic N) is 5. The zero-order valence-electron chi connectivity index (χ0n) is 19.6. The average molecular weight is 535 g/mol. The van der Waals surface area contributed by atoms with Crippen LogP contribution in [-0.2, 0) is 16.0 Å². The minimum atomic E-state index is -4.48. The highest BCUT2D eigenvalue weighted by molar-refractivity contribution is 7.90. The van der Waals surface area contributed by atoms with E-state index in [0.717, 1.165) is 43.3 Å². The van der Waals surface area contributed by atoms with Gasteiger partial charge in [-0.05, 0) is 43.2 Å². The number of fused-ring (bicyclic) bond motifs is 1. The highest BCUT2D eigenvalue weighted by Gasteiger charge is 2.32. The van der Waals surface area contributed by atoms with Crippen molar-refractivity contribution in [3.05, 3.63) is 72.2 Å². The maximum absolute atomic E-state index is 14.3. The van der Waals surface area contributed by atoms with Gasteiger partial charge < -0.3 is 14.6 Å². The Balaban J connectivity index is 1.31. The number of alkyl halides is 3. The summed E-state index contributed by atoms with van der Waals surface area (Å²) in [6.45, 7) is 1.15. The molecule has 0 saturated carbocycles. The second kappa shape index (κ2) is 9.29. The number of halogens is 4. The van der Waals surface area contributed by atoms with Crippen molar-refractivity contribution >= 4 is 32.8 Å². The highest BCUT2D eigenvalue weighted by Crippen LogP contribution is 2.33. The standard InChI is InChI=1S/C24H22F4N6O2S/c1-37(35,36)21-5-4-17(11-18(21)25)32-19-3-2-8-34-20(14-29-22(19)34)15-6-9-33(10-7-15)23-30-12-16(13-31-23)24(26,27)28/h2-5,8,11-15,32H,6-7,9-10H2,1H3. The number of piperidine rings is 1. The van der Waals surface area contributed by atoms with Crippen LogP contribution in [0.2, 0.25) is 0 Å². The molecule has 4 aromatic rings. The fourth-order valence-electron chi connectivity index (χ4n) is 4.47. The topological polar surface area (TPSA) is 92.5 Å². The van der Waals surface area contributed by atoms with E-state index in [2.05, 4.69) is 20.3 Å². The van der Waals surface area contributed by atoms with Crippen molar-refractivity contribution < 1.29 is 26.0 Å². The molecule has 3 aromatic heterocycles. The van der Waals surface area contributed by atoms with Crippen molar-refractivity contribution in [2.75, 3.05) is 29.6 Å². The van der Waals surface area contributed by atoms with E-state index in [9.17, 15) is 26.0 Å². The fraction of sp³-hybridized carbons (Fsp3) is 0.292. The summed E-state index contributed by atoms with van der Waals surface area (Å²) in [5.41, 5.74) is 1.72. The zero-order chi connectivity index (χ0) is 26.4. The van der Waals surface area contributed by atoms with Gasteiger partial charge in [-0.25, -0.2) is 27.8 Å². The Kier molecular flexibility index (Phi) is 6.26. The summed E-state index contributed by atoms with van der Waals surface area (Å²) in [5.74, 6) is -0.417. The van der Waals surface area contributed by atoms with Crippen molar-refractivity contribution in [3.63, 3.8) is 0 Å². The van der Waals surface area contributed by atoms with E-state index < -0.39 is 27.4 Å². The van der Waals surface area contributed by atoms with Crippen molar-refractivity contribution in [3.8, 4) is 0 Å². The molecule has 0 aliphatic carbocycles. The Hall–Kier alpha value is -3.74. The molecule has 1 fully saturated rings. The molecule has 1 N–H and O–H groups in total. The van der Waals surface area contributed by atoms with Crippen LogP contribution >= 0.6 is 0 Å². The van der Waals surface area contributed by atoms with Gasteiger partial charge in [-0.3, -0.25) is 0 Å². The van der Waals surface area contributed by atoms with Gasteiger partial charge >= 0.3 is 6.18 Å². The third kappa shape index (κ3) is 5.08. The monoisotopic (exact) mass is 534 g/mol. The van der Waals surface area contributed by atoms with E-state index >= 15 is 0 Å². The van der Waals surface area contributed by atoms with Gasteiger partial charge in [-0.1, -0.05) is 0 Å². The summed E-state index contributed by atoms with van der Waals surface area (Å²) in [4.78, 5) is 13.8. The first-order chi connectivity index (χ1) is 17.5. The number of sulfone groups is 1. The largest absolute Gasteiger partial charge is 0.419 e. The Bertz CT molecular complexity index is 1550. The molecule has 1 saturated heterocycles. The zero-order valence-corrected chi connectivity index (χ0v) is 20.4. The molecule has 0 bridgehead atoms. The number of benzene rings is 1. The van der Waals surface area contributed by atoms with Crippen LogP contribution in [0, 0.1) is 5.82 Å². The molecular formula is C24H22F4N6O2S. The van der Waals surface area contributed by atoms with E-state index in [1.54, 1.807) is 12.3 Å². The van der Waals surface area contributed by atoms with Gasteiger partial charge in [0.15, 0.2) is 15.5 Å². The summed E-state index contributed by atoms with van der Waals surface area (Å²) in [6, 6.07) is 7.46. The summed E-state index contributed by atoms with van der Waals surface area (Å²) >= 11 is 0. The summed E-state index contributed by atoms with van der Waals surface area (Å²) < 4.78 is 78.0. The van der Waals surface area contributed by atoms with Gasteiger partial charge in [0, 0.05) is 61.4 Å². The minimum absolute atomic E-state index is 0.155. The van der Waals surface area contributed by atoms with Gasteiger partial charge in [0.05, 0.1) is 11.3 Å². The Morgan fingerprint density at radius 2 is 1.73 bits per heavy atom. The highest BCUT2D eigenvalue weighted by atomic mass is 32.2. The minimum Gasteiger partial charge on any atom is -0.352 e. The van der Waals surface area contributed by atoms with Crippen molar-refractivity contribution in [1.82, 2.24) is 19.4 Å². The van der Waals surface area contributed by atoms with Crippen LogP contribution in [-0.4, -0.2) is 47.1 Å². The Morgan fingerprint density at radius 3 is 2.35 bits per heavy atom. The van der Waals surface area contributed by atoms with Crippen LogP contribution in [0.4, 0.5) is 34.9 Å². The molecule has 37 heavy (non-hydrogen) atoms. The first-order valence-electron chi connectivity index (χ1n) is 11.4. The number of imidazole rings is 1. The Morgan fingerprint density at radius 1 is 1.03 bits per heavy atom. The molecule has 1 aliphatic heterocycles. The first kappa shape index (κ1) is 24.9. The summed E-state index contributed by atoms with van der Waals surface area (Å²) in [5, 5.41) is 3.10. The molecule has 0 unspecified atom stereocenters. The van der Waals surface area contributed by atoms with Crippen LogP contribution < -0.4 is 10.2 Å². The average Bonchev–Trinajstić information content (AvgIpc) is 3.28. The number of rotatable bonds is 5. The lowest BCUT2D eigenvalue weighted by Gasteiger charge is -2.31. The summed E-state index contributed by atoms with van der Waals surface area (Å²) in [7, 11) is -3.67. The van der Waals surface area contributed by atoms with Crippen molar-refractivity contribution in [1.29, 1.82) is 0 Å². The molecule has 0 atom stereocenters. The van der Waals surface area contributed by atoms with Crippen molar-refractivity contribution in [2.45, 2.75) is 29.8 Å². The lowest BCUT2D eigenvalue weighted by Crippen LogP contribution is -2.34. The normalized spacial score (nSPS) is 15.3. The number of hydrogen-bond acceptors (Lipinski definition) is 7. The van der Waals surface area contributed by atoms with Gasteiger partial charge in [-0.2, -0.15) is 13.2 Å². The molecule has 13 heteroatoms. The molecule has 0 spiro atoms. The van der Waals surface area contributed by atoms with Gasteiger partial charge in [0.25, 0.3) is 0 Å². The molecule has 8 nitrogen and oxygen atoms in total. The molecule has 0 amide bonds. The van der Waals surface area contributed by atoms with Crippen LogP contribution in [0.3, 0.4) is 0 Å². The predicted molar refractivity (Wildman–Crippen MR) is 129 cm³/mol. The SMILES string of the molecule is CS(=O)(=O)c1ccc(Nc2cccn3c(C4CCN(c5ncc(C(F)(F)F)cn5)CC4)cnc23)cc1F. The maximum Gasteiger partial charge on any atom is 0.419 e. The number of aromatic nitrogens is 4. The van der Waals surface area contributed by atoms with Crippen LogP contribution in [0.15, 0.2) is 60.0 Å². The molecule has 1 aromatic carbocycles. The maximum atomic E-state index is 14.3. The van der Waals surface area contributed by atoms with Crippen LogP contribution in [0.1, 0.15) is 30.0 Å². The molecule has 5 rings (SSSR count). The quantitative estimate of drug-likeness (QED) is 0.367. The van der Waals surface area contributed by atoms with Gasteiger partial charge in [0.1, 0.15) is 10.7 Å². The lowest BCUT2D eigenvalue weighted by molar-refractivity contribution is -0.138. The summed E-state index contributed by atoms with van der Waals surface area (Å²) in [6.07, 6.45) is 3.19. The number of hydrogen-bond donors (Lipinski definition) is 1.